The number of ether oxygens (including phenoxy) is 1. The Labute approximate surface area is 113 Å². The van der Waals surface area contributed by atoms with Crippen LogP contribution in [0.4, 0.5) is 5.69 Å². The summed E-state index contributed by atoms with van der Waals surface area (Å²) in [7, 11) is 0. The van der Waals surface area contributed by atoms with Crippen LogP contribution in [0.3, 0.4) is 0 Å². The van der Waals surface area contributed by atoms with E-state index in [4.69, 9.17) is 10.5 Å². The highest BCUT2D eigenvalue weighted by Crippen LogP contribution is 2.23. The molecule has 1 aromatic carbocycles. The number of benzene rings is 1. The average Bonchev–Trinajstić information content (AvgIpc) is 2.76. The van der Waals surface area contributed by atoms with Crippen molar-refractivity contribution in [2.75, 3.05) is 12.3 Å². The first-order chi connectivity index (χ1) is 8.63. The number of halogens is 1. The van der Waals surface area contributed by atoms with Crippen molar-refractivity contribution in [3.8, 4) is 5.69 Å². The van der Waals surface area contributed by atoms with Gasteiger partial charge in [0.15, 0.2) is 0 Å². The molecule has 0 saturated carbocycles. The maximum atomic E-state index is 11.7. The second-order valence-electron chi connectivity index (χ2n) is 3.56. The Morgan fingerprint density at radius 2 is 2.33 bits per heavy atom. The van der Waals surface area contributed by atoms with Gasteiger partial charge in [-0.1, -0.05) is 6.07 Å². The van der Waals surface area contributed by atoms with Crippen LogP contribution in [0.25, 0.3) is 5.69 Å². The summed E-state index contributed by atoms with van der Waals surface area (Å²) in [6.45, 7) is 2.07. The number of hydrogen-bond acceptors (Lipinski definition) is 4. The Balaban J connectivity index is 2.45. The number of rotatable bonds is 3. The van der Waals surface area contributed by atoms with Gasteiger partial charge in [0.25, 0.3) is 0 Å². The molecule has 0 aliphatic carbocycles. The van der Waals surface area contributed by atoms with Crippen LogP contribution < -0.4 is 5.73 Å². The van der Waals surface area contributed by atoms with E-state index in [1.165, 1.54) is 0 Å². The molecule has 6 heteroatoms. The number of carbonyl (C=O) groups is 1. The molecule has 0 aliphatic heterocycles. The van der Waals surface area contributed by atoms with E-state index >= 15 is 0 Å². The number of nitrogen functional groups attached to an aromatic ring is 1. The molecule has 94 valence electrons. The highest BCUT2D eigenvalue weighted by atomic mass is 79.9. The van der Waals surface area contributed by atoms with E-state index in [1.807, 2.05) is 0 Å². The van der Waals surface area contributed by atoms with E-state index in [9.17, 15) is 4.79 Å². The summed E-state index contributed by atoms with van der Waals surface area (Å²) < 4.78 is 7.38. The van der Waals surface area contributed by atoms with Crippen LogP contribution in [0.2, 0.25) is 0 Å². The molecule has 5 nitrogen and oxygen atoms in total. The number of aromatic nitrogens is 2. The summed E-state index contributed by atoms with van der Waals surface area (Å²) in [6.07, 6.45) is 3.41. The van der Waals surface area contributed by atoms with Gasteiger partial charge in [-0.2, -0.15) is 5.10 Å². The highest BCUT2D eigenvalue weighted by molar-refractivity contribution is 9.10. The van der Waals surface area contributed by atoms with Crippen LogP contribution in [0.1, 0.15) is 17.3 Å². The SMILES string of the molecule is CCOC(=O)c1cccc(-n2cc(Br)cn2)c1N. The molecule has 2 rings (SSSR count). The van der Waals surface area contributed by atoms with E-state index in [2.05, 4.69) is 21.0 Å². The van der Waals surface area contributed by atoms with Crippen LogP contribution in [0.5, 0.6) is 0 Å². The molecule has 0 fully saturated rings. The molecule has 1 aromatic heterocycles. The number of nitrogens with zero attached hydrogens (tertiary/aromatic N) is 2. The Morgan fingerprint density at radius 3 is 2.94 bits per heavy atom. The van der Waals surface area contributed by atoms with E-state index < -0.39 is 5.97 Å². The second kappa shape index (κ2) is 5.22. The predicted molar refractivity (Wildman–Crippen MR) is 71.6 cm³/mol. The van der Waals surface area contributed by atoms with Crippen LogP contribution in [0, 0.1) is 0 Å². The van der Waals surface area contributed by atoms with Crippen molar-refractivity contribution in [1.82, 2.24) is 9.78 Å². The lowest BCUT2D eigenvalue weighted by atomic mass is 10.1. The third-order valence-corrected chi connectivity index (χ3v) is 2.79. The average molecular weight is 310 g/mol. The topological polar surface area (TPSA) is 70.1 Å². The van der Waals surface area contributed by atoms with Gasteiger partial charge >= 0.3 is 5.97 Å². The summed E-state index contributed by atoms with van der Waals surface area (Å²) >= 11 is 3.31. The maximum Gasteiger partial charge on any atom is 0.340 e. The number of nitrogens with two attached hydrogens (primary N) is 1. The Kier molecular flexibility index (Phi) is 3.66. The minimum absolute atomic E-state index is 0.315. The van der Waals surface area contributed by atoms with E-state index in [0.717, 1.165) is 4.47 Å². The molecule has 0 atom stereocenters. The summed E-state index contributed by atoms with van der Waals surface area (Å²) in [6, 6.07) is 5.17. The fraction of sp³-hybridized carbons (Fsp3) is 0.167. The number of para-hydroxylation sites is 1. The molecule has 0 radical (unpaired) electrons. The van der Waals surface area contributed by atoms with Gasteiger partial charge in [-0.15, -0.1) is 0 Å². The van der Waals surface area contributed by atoms with Crippen LogP contribution in [-0.4, -0.2) is 22.4 Å². The van der Waals surface area contributed by atoms with Crippen LogP contribution in [0.15, 0.2) is 35.1 Å². The molecule has 0 aliphatic rings. The van der Waals surface area contributed by atoms with Crippen molar-refractivity contribution < 1.29 is 9.53 Å². The van der Waals surface area contributed by atoms with Gasteiger partial charge in [0.2, 0.25) is 0 Å². The molecule has 1 heterocycles. The van der Waals surface area contributed by atoms with Gasteiger partial charge in [0.1, 0.15) is 0 Å². The third kappa shape index (κ3) is 2.38. The van der Waals surface area contributed by atoms with Crippen LogP contribution in [-0.2, 0) is 4.74 Å². The summed E-state index contributed by atoms with van der Waals surface area (Å²) in [5.41, 5.74) is 7.32. The highest BCUT2D eigenvalue weighted by Gasteiger charge is 2.14. The number of carbonyl (C=O) groups excluding carboxylic acids is 1. The molecule has 0 spiro atoms. The van der Waals surface area contributed by atoms with Gasteiger partial charge in [-0.25, -0.2) is 9.48 Å². The minimum atomic E-state index is -0.428. The van der Waals surface area contributed by atoms with Crippen molar-refractivity contribution in [3.63, 3.8) is 0 Å². The van der Waals surface area contributed by atoms with Crippen molar-refractivity contribution in [2.24, 2.45) is 0 Å². The molecular formula is C12H12BrN3O2. The molecule has 2 aromatic rings. The Bertz CT molecular complexity index is 580. The zero-order valence-electron chi connectivity index (χ0n) is 9.76. The monoisotopic (exact) mass is 309 g/mol. The van der Waals surface area contributed by atoms with Crippen molar-refractivity contribution in [2.45, 2.75) is 6.92 Å². The lowest BCUT2D eigenvalue weighted by molar-refractivity contribution is 0.0527. The van der Waals surface area contributed by atoms with E-state index in [1.54, 1.807) is 42.2 Å². The predicted octanol–water partition coefficient (Wildman–Crippen LogP) is 2.39. The fourth-order valence-corrected chi connectivity index (χ4v) is 1.86. The fourth-order valence-electron chi connectivity index (χ4n) is 1.57. The standard InChI is InChI=1S/C12H12BrN3O2/c1-2-18-12(17)9-4-3-5-10(11(9)14)16-7-8(13)6-15-16/h3-7H,2,14H2,1H3. The molecule has 0 unspecified atom stereocenters. The first kappa shape index (κ1) is 12.6. The number of hydrogen-bond donors (Lipinski definition) is 1. The van der Waals surface area contributed by atoms with Crippen LogP contribution >= 0.6 is 15.9 Å². The Morgan fingerprint density at radius 1 is 1.56 bits per heavy atom. The molecule has 0 amide bonds. The number of anilines is 1. The van der Waals surface area contributed by atoms with Gasteiger partial charge in [0, 0.05) is 6.20 Å². The first-order valence-electron chi connectivity index (χ1n) is 5.39. The zero-order valence-corrected chi connectivity index (χ0v) is 11.3. The third-order valence-electron chi connectivity index (χ3n) is 2.38. The number of esters is 1. The lowest BCUT2D eigenvalue weighted by Gasteiger charge is -2.10. The van der Waals surface area contributed by atoms with E-state index in [-0.39, 0.29) is 0 Å². The van der Waals surface area contributed by atoms with Crippen molar-refractivity contribution >= 4 is 27.6 Å². The maximum absolute atomic E-state index is 11.7. The van der Waals surface area contributed by atoms with Gasteiger partial charge in [-0.05, 0) is 35.0 Å². The smallest absolute Gasteiger partial charge is 0.340 e. The lowest BCUT2D eigenvalue weighted by Crippen LogP contribution is -2.10. The Hall–Kier alpha value is -1.82. The summed E-state index contributed by atoms with van der Waals surface area (Å²) in [4.78, 5) is 11.7. The quantitative estimate of drug-likeness (QED) is 0.698. The molecule has 2 N–H and O–H groups in total. The minimum Gasteiger partial charge on any atom is -0.462 e. The van der Waals surface area contributed by atoms with Crippen molar-refractivity contribution in [1.29, 1.82) is 0 Å². The summed E-state index contributed by atoms with van der Waals surface area (Å²) in [5.74, 6) is -0.428. The van der Waals surface area contributed by atoms with Gasteiger partial charge in [0.05, 0.1) is 34.2 Å². The second-order valence-corrected chi connectivity index (χ2v) is 4.48. The van der Waals surface area contributed by atoms with Gasteiger partial charge < -0.3 is 10.5 Å². The molecular weight excluding hydrogens is 298 g/mol. The molecule has 0 saturated heterocycles. The van der Waals surface area contributed by atoms with Gasteiger partial charge in [-0.3, -0.25) is 0 Å². The molecule has 18 heavy (non-hydrogen) atoms. The van der Waals surface area contributed by atoms with Crippen molar-refractivity contribution in [3.05, 3.63) is 40.6 Å². The zero-order chi connectivity index (χ0) is 13.1. The van der Waals surface area contributed by atoms with E-state index in [0.29, 0.717) is 23.5 Å². The first-order valence-corrected chi connectivity index (χ1v) is 6.19. The summed E-state index contributed by atoms with van der Waals surface area (Å²) in [5, 5.41) is 4.13. The molecule has 0 bridgehead atoms. The normalized spacial score (nSPS) is 10.3. The largest absolute Gasteiger partial charge is 0.462 e.